The fourth-order valence-electron chi connectivity index (χ4n) is 1.18. The van der Waals surface area contributed by atoms with Gasteiger partial charge in [0.15, 0.2) is 0 Å². The third-order valence-corrected chi connectivity index (χ3v) is 2.07. The van der Waals surface area contributed by atoms with E-state index in [0.717, 1.165) is 0 Å². The first-order valence-corrected chi connectivity index (χ1v) is 6.76. The van der Waals surface area contributed by atoms with Gasteiger partial charge in [-0.05, 0) is 6.92 Å². The van der Waals surface area contributed by atoms with Crippen molar-refractivity contribution in [2.45, 2.75) is 6.92 Å². The van der Waals surface area contributed by atoms with Gasteiger partial charge in [-0.1, -0.05) is 0 Å². The summed E-state index contributed by atoms with van der Waals surface area (Å²) in [6.07, 6.45) is 0. The predicted molar refractivity (Wildman–Crippen MR) is 71.8 cm³/mol. The van der Waals surface area contributed by atoms with Crippen molar-refractivity contribution in [3.63, 3.8) is 0 Å². The summed E-state index contributed by atoms with van der Waals surface area (Å²) < 4.78 is 30.3. The highest BCUT2D eigenvalue weighted by Gasteiger charge is 2.00. The Bertz CT molecular complexity index is 211. The van der Waals surface area contributed by atoms with Crippen LogP contribution in [0.15, 0.2) is 0 Å². The van der Waals surface area contributed by atoms with Crippen LogP contribution in [0, 0.1) is 0 Å². The Balaban J connectivity index is 3.01. The second-order valence-electron chi connectivity index (χ2n) is 3.69. The summed E-state index contributed by atoms with van der Waals surface area (Å²) >= 11 is 0. The molecule has 0 saturated heterocycles. The molecule has 0 aromatic heterocycles. The quantitative estimate of drug-likeness (QED) is 0.317. The molecule has 20 heavy (non-hydrogen) atoms. The first-order chi connectivity index (χ1) is 9.81. The summed E-state index contributed by atoms with van der Waals surface area (Å²) in [6.45, 7) is 6.40. The molecule has 120 valence electrons. The van der Waals surface area contributed by atoms with Crippen LogP contribution in [0.4, 0.5) is 0 Å². The molecule has 0 aromatic carbocycles. The normalized spacial score (nSPS) is 10.7. The Hall–Kier alpha value is -0.730. The number of methoxy groups -OCH3 is 1. The average Bonchev–Trinajstić information content (AvgIpc) is 2.44. The summed E-state index contributed by atoms with van der Waals surface area (Å²) in [4.78, 5) is 10.9. The van der Waals surface area contributed by atoms with E-state index >= 15 is 0 Å². The maximum atomic E-state index is 10.9. The number of esters is 1. The van der Waals surface area contributed by atoms with Crippen molar-refractivity contribution in [3.05, 3.63) is 0 Å². The first-order valence-electron chi connectivity index (χ1n) is 6.76. The minimum absolute atomic E-state index is 0.0353. The van der Waals surface area contributed by atoms with Crippen LogP contribution in [0.25, 0.3) is 0 Å². The molecule has 7 heteroatoms. The molecule has 0 unspecified atom stereocenters. The largest absolute Gasteiger partial charge is 0.462 e. The Kier molecular flexibility index (Phi) is 15.7. The molecular formula is C13H26O7. The number of carbonyl (C=O) groups is 1. The SMILES string of the molecule is CCOCCOCCOCCOCCOC(=O)COC. The second kappa shape index (κ2) is 16.3. The van der Waals surface area contributed by atoms with Gasteiger partial charge in [0.25, 0.3) is 0 Å². The number of hydrogen-bond acceptors (Lipinski definition) is 7. The summed E-state index contributed by atoms with van der Waals surface area (Å²) in [5.41, 5.74) is 0. The molecule has 0 N–H and O–H groups in total. The van der Waals surface area contributed by atoms with E-state index in [9.17, 15) is 4.79 Å². The molecule has 0 aliphatic heterocycles. The van der Waals surface area contributed by atoms with E-state index in [2.05, 4.69) is 4.74 Å². The standard InChI is InChI=1S/C13H26O7/c1-3-16-4-5-17-6-7-18-8-9-19-10-11-20-13(14)12-15-2/h3-12H2,1-2H3. The average molecular weight is 294 g/mol. The highest BCUT2D eigenvalue weighted by atomic mass is 16.6. The Labute approximate surface area is 120 Å². The molecule has 0 spiro atoms. The molecule has 0 bridgehead atoms. The number of rotatable bonds is 15. The molecule has 7 nitrogen and oxygen atoms in total. The van der Waals surface area contributed by atoms with Crippen LogP contribution in [0.1, 0.15) is 6.92 Å². The van der Waals surface area contributed by atoms with Gasteiger partial charge in [0.05, 0.1) is 46.2 Å². The van der Waals surface area contributed by atoms with Gasteiger partial charge in [0.2, 0.25) is 0 Å². The lowest BCUT2D eigenvalue weighted by molar-refractivity contribution is -0.149. The molecule has 0 heterocycles. The van der Waals surface area contributed by atoms with Gasteiger partial charge in [-0.2, -0.15) is 0 Å². The Morgan fingerprint density at radius 2 is 1.20 bits per heavy atom. The van der Waals surface area contributed by atoms with Crippen LogP contribution >= 0.6 is 0 Å². The molecule has 0 radical (unpaired) electrons. The fraction of sp³-hybridized carbons (Fsp3) is 0.923. The predicted octanol–water partition coefficient (Wildman–Crippen LogP) is 0.262. The van der Waals surface area contributed by atoms with Gasteiger partial charge < -0.3 is 28.4 Å². The summed E-state index contributed by atoms with van der Waals surface area (Å²) in [6, 6.07) is 0. The van der Waals surface area contributed by atoms with Gasteiger partial charge in [-0.25, -0.2) is 4.79 Å². The van der Waals surface area contributed by atoms with E-state index in [0.29, 0.717) is 52.9 Å². The molecule has 0 aliphatic carbocycles. The van der Waals surface area contributed by atoms with E-state index in [1.807, 2.05) is 6.92 Å². The van der Waals surface area contributed by atoms with Crippen molar-refractivity contribution in [3.8, 4) is 0 Å². The summed E-state index contributed by atoms with van der Waals surface area (Å²) in [5, 5.41) is 0. The van der Waals surface area contributed by atoms with E-state index in [1.54, 1.807) is 0 Å². The van der Waals surface area contributed by atoms with Crippen molar-refractivity contribution < 1.29 is 33.2 Å². The molecule has 0 atom stereocenters. The van der Waals surface area contributed by atoms with Gasteiger partial charge in [-0.3, -0.25) is 0 Å². The third kappa shape index (κ3) is 15.3. The topological polar surface area (TPSA) is 72.5 Å². The summed E-state index contributed by atoms with van der Waals surface area (Å²) in [5.74, 6) is -0.392. The molecule has 0 saturated carbocycles. The second-order valence-corrected chi connectivity index (χ2v) is 3.69. The van der Waals surface area contributed by atoms with Crippen LogP contribution in [0.5, 0.6) is 0 Å². The van der Waals surface area contributed by atoms with E-state index in [-0.39, 0.29) is 13.2 Å². The minimum Gasteiger partial charge on any atom is -0.462 e. The van der Waals surface area contributed by atoms with Crippen molar-refractivity contribution in [2.75, 3.05) is 73.2 Å². The van der Waals surface area contributed by atoms with Gasteiger partial charge >= 0.3 is 5.97 Å². The smallest absolute Gasteiger partial charge is 0.332 e. The highest BCUT2D eigenvalue weighted by Crippen LogP contribution is 1.84. The van der Waals surface area contributed by atoms with Crippen molar-refractivity contribution in [1.82, 2.24) is 0 Å². The van der Waals surface area contributed by atoms with Crippen LogP contribution < -0.4 is 0 Å². The van der Waals surface area contributed by atoms with Gasteiger partial charge in [-0.15, -0.1) is 0 Å². The van der Waals surface area contributed by atoms with Crippen LogP contribution in [0.3, 0.4) is 0 Å². The minimum atomic E-state index is -0.392. The molecule has 0 aromatic rings. The molecule has 0 fully saturated rings. The lowest BCUT2D eigenvalue weighted by Crippen LogP contribution is -2.16. The van der Waals surface area contributed by atoms with E-state index in [4.69, 9.17) is 23.7 Å². The van der Waals surface area contributed by atoms with E-state index in [1.165, 1.54) is 7.11 Å². The number of ether oxygens (including phenoxy) is 6. The molecule has 0 aliphatic rings. The van der Waals surface area contributed by atoms with Crippen molar-refractivity contribution in [1.29, 1.82) is 0 Å². The molecule has 0 amide bonds. The Morgan fingerprint density at radius 3 is 1.65 bits per heavy atom. The van der Waals surface area contributed by atoms with Crippen LogP contribution in [-0.4, -0.2) is 79.1 Å². The summed E-state index contributed by atoms with van der Waals surface area (Å²) in [7, 11) is 1.44. The van der Waals surface area contributed by atoms with Crippen molar-refractivity contribution in [2.24, 2.45) is 0 Å². The maximum Gasteiger partial charge on any atom is 0.332 e. The lowest BCUT2D eigenvalue weighted by Gasteiger charge is -2.07. The maximum absolute atomic E-state index is 10.9. The van der Waals surface area contributed by atoms with E-state index < -0.39 is 5.97 Å². The number of carbonyl (C=O) groups excluding carboxylic acids is 1. The van der Waals surface area contributed by atoms with Crippen LogP contribution in [-0.2, 0) is 33.2 Å². The number of hydrogen-bond donors (Lipinski definition) is 0. The molecular weight excluding hydrogens is 268 g/mol. The first kappa shape index (κ1) is 19.3. The third-order valence-electron chi connectivity index (χ3n) is 2.07. The zero-order valence-electron chi connectivity index (χ0n) is 12.4. The fourth-order valence-corrected chi connectivity index (χ4v) is 1.18. The zero-order chi connectivity index (χ0) is 14.9. The highest BCUT2D eigenvalue weighted by molar-refractivity contribution is 5.70. The monoisotopic (exact) mass is 294 g/mol. The van der Waals surface area contributed by atoms with Crippen molar-refractivity contribution >= 4 is 5.97 Å². The van der Waals surface area contributed by atoms with Crippen LogP contribution in [0.2, 0.25) is 0 Å². The zero-order valence-corrected chi connectivity index (χ0v) is 12.4. The molecule has 0 rings (SSSR count). The van der Waals surface area contributed by atoms with Gasteiger partial charge in [0.1, 0.15) is 13.2 Å². The van der Waals surface area contributed by atoms with Gasteiger partial charge in [0, 0.05) is 13.7 Å². The lowest BCUT2D eigenvalue weighted by atomic mass is 10.6. The Morgan fingerprint density at radius 1 is 0.750 bits per heavy atom.